The molecule has 0 fully saturated rings. The third-order valence-electron chi connectivity index (χ3n) is 10.7. The summed E-state index contributed by atoms with van der Waals surface area (Å²) in [5.41, 5.74) is 18.2. The first kappa shape index (κ1) is 46.6. The van der Waals surface area contributed by atoms with E-state index in [1.807, 2.05) is 41.5 Å². The fourth-order valence-electron chi connectivity index (χ4n) is 7.60. The minimum atomic E-state index is -0.357. The van der Waals surface area contributed by atoms with E-state index in [-0.39, 0.29) is 43.2 Å². The van der Waals surface area contributed by atoms with Crippen LogP contribution in [-0.2, 0) is 45.5 Å². The van der Waals surface area contributed by atoms with Crippen molar-refractivity contribution >= 4 is 34.5 Å². The van der Waals surface area contributed by atoms with Crippen molar-refractivity contribution < 1.29 is 39.5 Å². The maximum absolute atomic E-state index is 12.3. The first-order chi connectivity index (χ1) is 27.1. The fraction of sp³-hybridized carbons (Fsp3) is 0.360. The maximum Gasteiger partial charge on any atom is 2.00 e. The van der Waals surface area contributed by atoms with Crippen LogP contribution in [0.1, 0.15) is 136 Å². The van der Waals surface area contributed by atoms with Gasteiger partial charge in [0, 0.05) is 11.3 Å². The van der Waals surface area contributed by atoms with E-state index in [9.17, 15) is 9.59 Å². The molecule has 2 aliphatic rings. The second kappa shape index (κ2) is 18.0. The Kier molecular flexibility index (Phi) is 14.2. The second-order valence-electron chi connectivity index (χ2n) is 17.3. The molecule has 0 atom stereocenters. The third-order valence-corrected chi connectivity index (χ3v) is 10.7. The molecule has 0 bridgehead atoms. The molecule has 9 heteroatoms. The first-order valence-corrected chi connectivity index (χ1v) is 19.7. The number of aromatic nitrogens is 2. The summed E-state index contributed by atoms with van der Waals surface area (Å²) in [6.45, 7) is 28.9. The van der Waals surface area contributed by atoms with Crippen LogP contribution in [0.3, 0.4) is 0 Å². The summed E-state index contributed by atoms with van der Waals surface area (Å²) in [7, 11) is 2.80. The number of aliphatic imine (C=N–C) groups is 2. The number of rotatable bonds is 6. The second-order valence-corrected chi connectivity index (χ2v) is 17.3. The first-order valence-electron chi connectivity index (χ1n) is 19.7. The number of aryl methyl sites for hydroxylation is 3. The van der Waals surface area contributed by atoms with E-state index in [0.717, 1.165) is 78.7 Å². The van der Waals surface area contributed by atoms with Crippen LogP contribution in [0.2, 0.25) is 0 Å². The van der Waals surface area contributed by atoms with Crippen molar-refractivity contribution in [3.05, 3.63) is 151 Å². The van der Waals surface area contributed by atoms with Gasteiger partial charge >= 0.3 is 32.4 Å². The van der Waals surface area contributed by atoms with Crippen molar-refractivity contribution in [2.45, 2.75) is 108 Å². The molecule has 0 spiro atoms. The van der Waals surface area contributed by atoms with Crippen LogP contribution in [0.5, 0.6) is 0 Å². The molecular weight excluding hydrogens is 827 g/mol. The molecule has 2 aliphatic heterocycles. The normalized spacial score (nSPS) is 15.8. The van der Waals surface area contributed by atoms with Gasteiger partial charge < -0.3 is 19.4 Å². The summed E-state index contributed by atoms with van der Waals surface area (Å²) < 4.78 is 9.96. The number of carbonyl (C=O) groups excluding carboxylic acids is 2. The van der Waals surface area contributed by atoms with E-state index in [2.05, 4.69) is 116 Å². The van der Waals surface area contributed by atoms with Crippen LogP contribution in [-0.4, -0.2) is 37.6 Å². The van der Waals surface area contributed by atoms with Crippen molar-refractivity contribution in [3.8, 4) is 0 Å². The molecule has 0 saturated heterocycles. The van der Waals surface area contributed by atoms with Crippen LogP contribution in [0, 0.1) is 27.7 Å². The molecule has 312 valence electrons. The number of esters is 2. The number of carbonyl (C=O) groups is 2. The molecule has 59 heavy (non-hydrogen) atoms. The Morgan fingerprint density at radius 1 is 0.627 bits per heavy atom. The topological polar surface area (TPSA) is 106 Å². The van der Waals surface area contributed by atoms with E-state index >= 15 is 0 Å². The molecule has 4 heterocycles. The number of hydrogen-bond acceptors (Lipinski definition) is 6. The zero-order valence-electron chi connectivity index (χ0n) is 37.5. The number of methoxy groups -OCH3 is 2. The molecule has 0 radical (unpaired) electrons. The van der Waals surface area contributed by atoms with Gasteiger partial charge in [-0.2, -0.15) is 5.69 Å². The maximum atomic E-state index is 12.3. The predicted octanol–water partition coefficient (Wildman–Crippen LogP) is 10.8. The van der Waals surface area contributed by atoms with E-state index in [1.165, 1.54) is 25.3 Å². The molecule has 2 aromatic heterocycles. The number of benzene rings is 2. The fourth-order valence-corrected chi connectivity index (χ4v) is 7.60. The number of ether oxygens (including phenoxy) is 2. The van der Waals surface area contributed by atoms with E-state index in [4.69, 9.17) is 29.4 Å². The van der Waals surface area contributed by atoms with Crippen molar-refractivity contribution in [1.82, 2.24) is 9.97 Å². The van der Waals surface area contributed by atoms with Crippen molar-refractivity contribution in [1.29, 1.82) is 0 Å². The van der Waals surface area contributed by atoms with Crippen molar-refractivity contribution in [2.24, 2.45) is 9.98 Å². The van der Waals surface area contributed by atoms with Crippen molar-refractivity contribution in [2.75, 3.05) is 14.2 Å². The Balaban J connectivity index is 0.000000256. The number of hydrogen-bond donors (Lipinski definition) is 0. The molecule has 2 aromatic carbocycles. The number of allylic oxidation sites excluding steroid dienone is 3. The van der Waals surface area contributed by atoms with Gasteiger partial charge in [-0.25, -0.2) is 9.59 Å². The summed E-state index contributed by atoms with van der Waals surface area (Å²) in [4.78, 5) is 43.7. The third kappa shape index (κ3) is 9.70. The molecule has 8 nitrogen and oxygen atoms in total. The molecule has 0 unspecified atom stereocenters. The van der Waals surface area contributed by atoms with Gasteiger partial charge in [0.05, 0.1) is 36.9 Å². The Morgan fingerprint density at radius 3 is 1.53 bits per heavy atom. The van der Waals surface area contributed by atoms with E-state index in [1.54, 1.807) is 0 Å². The molecular formula is C50H58N4O4Pd. The van der Waals surface area contributed by atoms with Gasteiger partial charge in [-0.3, -0.25) is 9.98 Å². The van der Waals surface area contributed by atoms with Crippen LogP contribution in [0.25, 0.3) is 11.1 Å². The summed E-state index contributed by atoms with van der Waals surface area (Å²) >= 11 is 0. The molecule has 0 aliphatic carbocycles. The van der Waals surface area contributed by atoms with Crippen LogP contribution in [0.15, 0.2) is 98.8 Å². The minimum Gasteiger partial charge on any atom is -0.661 e. The average Bonchev–Trinajstić information content (AvgIpc) is 3.85. The quantitative estimate of drug-likeness (QED) is 0.141. The average molecular weight is 885 g/mol. The van der Waals surface area contributed by atoms with Gasteiger partial charge in [0.25, 0.3) is 0 Å². The van der Waals surface area contributed by atoms with Gasteiger partial charge in [0.15, 0.2) is 0 Å². The van der Waals surface area contributed by atoms with Gasteiger partial charge in [-0.15, -0.1) is 17.1 Å². The predicted molar refractivity (Wildman–Crippen MR) is 237 cm³/mol. The minimum absolute atomic E-state index is 0. The van der Waals surface area contributed by atoms with Gasteiger partial charge in [-0.05, 0) is 103 Å². The molecule has 0 saturated carbocycles. The zero-order chi connectivity index (χ0) is 43.0. The summed E-state index contributed by atoms with van der Waals surface area (Å²) in [5.74, 6) is -0.714. The Labute approximate surface area is 364 Å². The molecule has 6 rings (SSSR count). The van der Waals surface area contributed by atoms with Crippen LogP contribution < -0.4 is 9.97 Å². The van der Waals surface area contributed by atoms with Crippen molar-refractivity contribution in [3.63, 3.8) is 0 Å². The van der Waals surface area contributed by atoms with Crippen LogP contribution >= 0.6 is 0 Å². The summed E-state index contributed by atoms with van der Waals surface area (Å²) in [5, 5.41) is 0. The summed E-state index contributed by atoms with van der Waals surface area (Å²) in [6, 6.07) is 19.2. The van der Waals surface area contributed by atoms with Gasteiger partial charge in [-0.1, -0.05) is 121 Å². The Bertz CT molecular complexity index is 2470. The van der Waals surface area contributed by atoms with E-state index < -0.39 is 0 Å². The van der Waals surface area contributed by atoms with Crippen LogP contribution in [0.4, 0.5) is 0 Å². The molecule has 4 aromatic rings. The van der Waals surface area contributed by atoms with Gasteiger partial charge in [0.1, 0.15) is 0 Å². The standard InChI is InChI=1S/2C25H30N2O2.Pd/c2*1-14-13-15(2)26-22(14)21(18-9-11-19(12-10-18)25(5,6)7)23-16(3)20(17(4)27-23)24(28)29-8;/h2*9-13H,1-8H3,(H,26,27,28);/q;;+2/p-2. The zero-order valence-corrected chi connectivity index (χ0v) is 39.1. The Morgan fingerprint density at radius 2 is 1.12 bits per heavy atom. The number of nitrogens with zero attached hydrogens (tertiary/aromatic N) is 4. The molecule has 0 amide bonds. The summed E-state index contributed by atoms with van der Waals surface area (Å²) in [6.07, 6.45) is 2.07. The van der Waals surface area contributed by atoms with Gasteiger partial charge in [0.2, 0.25) is 0 Å². The van der Waals surface area contributed by atoms with E-state index in [0.29, 0.717) is 22.5 Å². The monoisotopic (exact) mass is 884 g/mol. The smallest absolute Gasteiger partial charge is 0.661 e. The molecule has 0 N–H and O–H groups in total. The SMILES string of the molecule is COC(=O)C1=C(C)/C(=C(\c2ccc(C(C)(C)C)cc2)c2[n-]c(C)cc2C)N=C1C.COC(=O)c1c(C)[n-]c(/C(=C2\N=C(C)C=C2C)c2ccc(C(C)(C)C)cc2)c1C.[Pd+2]. The largest absolute Gasteiger partial charge is 2.00 e. The Hall–Kier alpha value is -5.10.